The summed E-state index contributed by atoms with van der Waals surface area (Å²) in [7, 11) is 1.56. The molecule has 0 saturated heterocycles. The first-order valence-corrected chi connectivity index (χ1v) is 9.61. The van der Waals surface area contributed by atoms with Gasteiger partial charge in [0.1, 0.15) is 5.75 Å². The minimum Gasteiger partial charge on any atom is -0.495 e. The zero-order chi connectivity index (χ0) is 20.2. The molecule has 4 rings (SSSR count). The van der Waals surface area contributed by atoms with Gasteiger partial charge >= 0.3 is 0 Å². The average molecular weight is 386 g/mol. The molecular formula is C24H22N2O3. The predicted octanol–water partition coefficient (Wildman–Crippen LogP) is 4.69. The first-order valence-electron chi connectivity index (χ1n) is 9.61. The number of hydrogen-bond acceptors (Lipinski definition) is 3. The van der Waals surface area contributed by atoms with Gasteiger partial charge in [-0.1, -0.05) is 18.2 Å². The van der Waals surface area contributed by atoms with Crippen LogP contribution in [0.4, 0.5) is 11.4 Å². The molecule has 29 heavy (non-hydrogen) atoms. The number of para-hydroxylation sites is 2. The Morgan fingerprint density at radius 3 is 2.28 bits per heavy atom. The quantitative estimate of drug-likeness (QED) is 0.669. The summed E-state index contributed by atoms with van der Waals surface area (Å²) >= 11 is 0. The summed E-state index contributed by atoms with van der Waals surface area (Å²) in [5.74, 6) is 0.205. The van der Waals surface area contributed by atoms with Crippen molar-refractivity contribution in [2.75, 3.05) is 17.7 Å². The third-order valence-corrected chi connectivity index (χ3v) is 5.12. The van der Waals surface area contributed by atoms with Crippen molar-refractivity contribution >= 4 is 23.2 Å². The first kappa shape index (κ1) is 18.7. The molecular weight excluding hydrogens is 364 g/mol. The van der Waals surface area contributed by atoms with Gasteiger partial charge in [0.05, 0.1) is 12.8 Å². The van der Waals surface area contributed by atoms with Crippen LogP contribution in [0.2, 0.25) is 0 Å². The molecule has 1 aliphatic carbocycles. The molecule has 2 amide bonds. The van der Waals surface area contributed by atoms with E-state index in [0.29, 0.717) is 28.3 Å². The van der Waals surface area contributed by atoms with Crippen LogP contribution in [0.1, 0.15) is 38.3 Å². The van der Waals surface area contributed by atoms with Crippen molar-refractivity contribution in [1.82, 2.24) is 0 Å². The maximum absolute atomic E-state index is 12.5. The third kappa shape index (κ3) is 4.14. The summed E-state index contributed by atoms with van der Waals surface area (Å²) in [6, 6.07) is 19.9. The van der Waals surface area contributed by atoms with Crippen LogP contribution in [-0.2, 0) is 12.8 Å². The summed E-state index contributed by atoms with van der Waals surface area (Å²) < 4.78 is 5.25. The molecule has 0 unspecified atom stereocenters. The lowest BCUT2D eigenvalue weighted by atomic mass is 10.1. The van der Waals surface area contributed by atoms with Gasteiger partial charge in [0.25, 0.3) is 11.8 Å². The molecule has 0 saturated carbocycles. The van der Waals surface area contributed by atoms with Crippen molar-refractivity contribution in [3.05, 3.63) is 89.0 Å². The topological polar surface area (TPSA) is 67.4 Å². The Kier molecular flexibility index (Phi) is 5.29. The number of hydrogen-bond donors (Lipinski definition) is 2. The van der Waals surface area contributed by atoms with Gasteiger partial charge in [0, 0.05) is 16.8 Å². The molecule has 3 aromatic carbocycles. The fourth-order valence-corrected chi connectivity index (χ4v) is 3.56. The van der Waals surface area contributed by atoms with Crippen molar-refractivity contribution in [1.29, 1.82) is 0 Å². The SMILES string of the molecule is COc1ccccc1NC(=O)c1ccc(NC(=O)c2ccc3c(c2)CCC3)cc1. The zero-order valence-electron chi connectivity index (χ0n) is 16.2. The van der Waals surface area contributed by atoms with Crippen molar-refractivity contribution in [3.8, 4) is 5.75 Å². The van der Waals surface area contributed by atoms with E-state index in [9.17, 15) is 9.59 Å². The molecule has 0 radical (unpaired) electrons. The van der Waals surface area contributed by atoms with Gasteiger partial charge in [-0.15, -0.1) is 0 Å². The highest BCUT2D eigenvalue weighted by atomic mass is 16.5. The summed E-state index contributed by atoms with van der Waals surface area (Å²) in [6.07, 6.45) is 3.28. The maximum atomic E-state index is 12.5. The fraction of sp³-hybridized carbons (Fsp3) is 0.167. The van der Waals surface area contributed by atoms with E-state index >= 15 is 0 Å². The molecule has 0 heterocycles. The van der Waals surface area contributed by atoms with Crippen LogP contribution >= 0.6 is 0 Å². The zero-order valence-corrected chi connectivity index (χ0v) is 16.2. The second-order valence-electron chi connectivity index (χ2n) is 7.02. The van der Waals surface area contributed by atoms with Gasteiger partial charge in [-0.05, 0) is 78.9 Å². The molecule has 3 aromatic rings. The molecule has 0 atom stereocenters. The number of carbonyl (C=O) groups excluding carboxylic acids is 2. The minimum absolute atomic E-state index is 0.147. The van der Waals surface area contributed by atoms with E-state index in [-0.39, 0.29) is 11.8 Å². The second-order valence-corrected chi connectivity index (χ2v) is 7.02. The monoisotopic (exact) mass is 386 g/mol. The standard InChI is InChI=1S/C24H22N2O3/c1-29-22-8-3-2-7-21(22)26-23(27)17-11-13-20(14-12-17)25-24(28)19-10-9-16-5-4-6-18(16)15-19/h2-3,7-15H,4-6H2,1H3,(H,25,28)(H,26,27). The van der Waals surface area contributed by atoms with E-state index in [1.165, 1.54) is 11.1 Å². The van der Waals surface area contributed by atoms with Crippen LogP contribution in [-0.4, -0.2) is 18.9 Å². The van der Waals surface area contributed by atoms with Gasteiger partial charge in [-0.2, -0.15) is 0 Å². The van der Waals surface area contributed by atoms with E-state index in [0.717, 1.165) is 19.3 Å². The van der Waals surface area contributed by atoms with E-state index in [4.69, 9.17) is 4.74 Å². The highest BCUT2D eigenvalue weighted by Crippen LogP contribution is 2.25. The number of rotatable bonds is 5. The molecule has 5 heteroatoms. The smallest absolute Gasteiger partial charge is 0.255 e. The molecule has 0 spiro atoms. The van der Waals surface area contributed by atoms with Crippen LogP contribution in [0, 0.1) is 0 Å². The Morgan fingerprint density at radius 2 is 1.48 bits per heavy atom. The van der Waals surface area contributed by atoms with Gasteiger partial charge < -0.3 is 15.4 Å². The summed E-state index contributed by atoms with van der Waals surface area (Å²) in [5, 5.41) is 5.73. The normalized spacial score (nSPS) is 12.2. The summed E-state index contributed by atoms with van der Waals surface area (Å²) in [4.78, 5) is 25.0. The fourth-order valence-electron chi connectivity index (χ4n) is 3.56. The van der Waals surface area contributed by atoms with Crippen molar-refractivity contribution in [2.24, 2.45) is 0 Å². The van der Waals surface area contributed by atoms with E-state index in [2.05, 4.69) is 10.6 Å². The van der Waals surface area contributed by atoms with Crippen LogP contribution in [0.15, 0.2) is 66.7 Å². The van der Waals surface area contributed by atoms with Gasteiger partial charge in [0.15, 0.2) is 0 Å². The summed E-state index contributed by atoms with van der Waals surface area (Å²) in [6.45, 7) is 0. The Labute approximate surface area is 169 Å². The molecule has 1 aliphatic rings. The van der Waals surface area contributed by atoms with Crippen LogP contribution in [0.25, 0.3) is 0 Å². The lowest BCUT2D eigenvalue weighted by Crippen LogP contribution is -2.14. The number of fused-ring (bicyclic) bond motifs is 1. The minimum atomic E-state index is -0.244. The Balaban J connectivity index is 1.42. The van der Waals surface area contributed by atoms with Crippen LogP contribution in [0.5, 0.6) is 5.75 Å². The third-order valence-electron chi connectivity index (χ3n) is 5.12. The predicted molar refractivity (Wildman–Crippen MR) is 114 cm³/mol. The Bertz CT molecular complexity index is 1060. The lowest BCUT2D eigenvalue weighted by molar-refractivity contribution is 0.101. The van der Waals surface area contributed by atoms with E-state index < -0.39 is 0 Å². The molecule has 0 fully saturated rings. The van der Waals surface area contributed by atoms with Crippen LogP contribution in [0.3, 0.4) is 0 Å². The van der Waals surface area contributed by atoms with Crippen molar-refractivity contribution < 1.29 is 14.3 Å². The highest BCUT2D eigenvalue weighted by Gasteiger charge is 2.14. The number of anilines is 2. The average Bonchev–Trinajstić information content (AvgIpc) is 3.22. The molecule has 146 valence electrons. The number of nitrogens with one attached hydrogen (secondary N) is 2. The van der Waals surface area contributed by atoms with Gasteiger partial charge in [0.2, 0.25) is 0 Å². The number of benzene rings is 3. The summed E-state index contributed by atoms with van der Waals surface area (Å²) in [5.41, 5.74) is 5.00. The highest BCUT2D eigenvalue weighted by molar-refractivity contribution is 6.06. The molecule has 0 aliphatic heterocycles. The van der Waals surface area contributed by atoms with E-state index in [1.54, 1.807) is 43.5 Å². The lowest BCUT2D eigenvalue weighted by Gasteiger charge is -2.11. The number of carbonyl (C=O) groups is 2. The number of amides is 2. The first-order chi connectivity index (χ1) is 14.1. The largest absolute Gasteiger partial charge is 0.495 e. The number of aryl methyl sites for hydroxylation is 2. The molecule has 5 nitrogen and oxygen atoms in total. The second kappa shape index (κ2) is 8.19. The van der Waals surface area contributed by atoms with Crippen molar-refractivity contribution in [2.45, 2.75) is 19.3 Å². The Hall–Kier alpha value is -3.60. The van der Waals surface area contributed by atoms with Crippen LogP contribution < -0.4 is 15.4 Å². The molecule has 0 bridgehead atoms. The molecule has 2 N–H and O–H groups in total. The maximum Gasteiger partial charge on any atom is 0.255 e. The number of methoxy groups -OCH3 is 1. The Morgan fingerprint density at radius 1 is 0.793 bits per heavy atom. The van der Waals surface area contributed by atoms with E-state index in [1.807, 2.05) is 30.3 Å². The van der Waals surface area contributed by atoms with Crippen molar-refractivity contribution in [3.63, 3.8) is 0 Å². The molecule has 0 aromatic heterocycles. The van der Waals surface area contributed by atoms with Gasteiger partial charge in [-0.3, -0.25) is 9.59 Å². The number of ether oxygens (including phenoxy) is 1. The van der Waals surface area contributed by atoms with Gasteiger partial charge in [-0.25, -0.2) is 0 Å².